The molecule has 0 aliphatic carbocycles. The van der Waals surface area contributed by atoms with Gasteiger partial charge >= 0.3 is 0 Å². The van der Waals surface area contributed by atoms with Gasteiger partial charge in [0.2, 0.25) is 0 Å². The summed E-state index contributed by atoms with van der Waals surface area (Å²) in [7, 11) is 1.97. The first-order chi connectivity index (χ1) is 6.17. The van der Waals surface area contributed by atoms with E-state index in [2.05, 4.69) is 11.9 Å². The zero-order valence-corrected chi connectivity index (χ0v) is 8.67. The fourth-order valence-corrected chi connectivity index (χ4v) is 1.24. The molecule has 1 aromatic heterocycles. The van der Waals surface area contributed by atoms with Crippen LogP contribution in [0.3, 0.4) is 0 Å². The summed E-state index contributed by atoms with van der Waals surface area (Å²) in [5, 5.41) is 0.498. The highest BCUT2D eigenvalue weighted by molar-refractivity contribution is 6.29. The van der Waals surface area contributed by atoms with E-state index in [9.17, 15) is 0 Å². The van der Waals surface area contributed by atoms with Crippen LogP contribution < -0.4 is 10.6 Å². The van der Waals surface area contributed by atoms with Crippen molar-refractivity contribution < 1.29 is 0 Å². The van der Waals surface area contributed by atoms with E-state index in [-0.39, 0.29) is 0 Å². The number of nitrogens with zero attached hydrogens (tertiary/aromatic N) is 2. The molecule has 2 N–H and O–H groups in total. The predicted octanol–water partition coefficient (Wildman–Crippen LogP) is 1.65. The van der Waals surface area contributed by atoms with Gasteiger partial charge in [-0.3, -0.25) is 0 Å². The van der Waals surface area contributed by atoms with E-state index in [4.69, 9.17) is 17.3 Å². The molecule has 0 bridgehead atoms. The van der Waals surface area contributed by atoms with Crippen molar-refractivity contribution in [2.45, 2.75) is 13.5 Å². The first-order valence-corrected chi connectivity index (χ1v) is 4.62. The topological polar surface area (TPSA) is 42.1 Å². The lowest BCUT2D eigenvalue weighted by molar-refractivity contribution is 0.930. The van der Waals surface area contributed by atoms with Crippen molar-refractivity contribution in [2.75, 3.05) is 18.5 Å². The van der Waals surface area contributed by atoms with Gasteiger partial charge in [-0.1, -0.05) is 11.6 Å². The van der Waals surface area contributed by atoms with E-state index in [1.165, 1.54) is 0 Å². The van der Waals surface area contributed by atoms with E-state index in [1.807, 2.05) is 18.0 Å². The van der Waals surface area contributed by atoms with Gasteiger partial charge in [0.1, 0.15) is 11.0 Å². The Hall–Kier alpha value is -0.800. The third-order valence-electron chi connectivity index (χ3n) is 1.94. The van der Waals surface area contributed by atoms with Gasteiger partial charge in [-0.15, -0.1) is 0 Å². The van der Waals surface area contributed by atoms with Crippen molar-refractivity contribution in [3.05, 3.63) is 22.8 Å². The molecule has 3 nitrogen and oxygen atoms in total. The first-order valence-electron chi connectivity index (χ1n) is 4.25. The Morgan fingerprint density at radius 2 is 2.23 bits per heavy atom. The minimum Gasteiger partial charge on any atom is -0.360 e. The normalized spacial score (nSPS) is 10.2. The highest BCUT2D eigenvalue weighted by atomic mass is 35.5. The number of aromatic nitrogens is 1. The molecular formula is C9H14ClN3. The molecule has 13 heavy (non-hydrogen) atoms. The van der Waals surface area contributed by atoms with E-state index in [0.29, 0.717) is 11.7 Å². The molecule has 0 fully saturated rings. The van der Waals surface area contributed by atoms with Crippen molar-refractivity contribution in [1.82, 2.24) is 4.98 Å². The molecule has 0 aliphatic rings. The number of hydrogen-bond acceptors (Lipinski definition) is 3. The highest BCUT2D eigenvalue weighted by Crippen LogP contribution is 2.16. The summed E-state index contributed by atoms with van der Waals surface area (Å²) in [6.07, 6.45) is 0. The van der Waals surface area contributed by atoms with Gasteiger partial charge in [0, 0.05) is 20.1 Å². The quantitative estimate of drug-likeness (QED) is 0.753. The Morgan fingerprint density at radius 1 is 1.54 bits per heavy atom. The maximum Gasteiger partial charge on any atom is 0.131 e. The second-order valence-corrected chi connectivity index (χ2v) is 3.26. The molecule has 1 heterocycles. The van der Waals surface area contributed by atoms with Crippen LogP contribution in [0.5, 0.6) is 0 Å². The summed E-state index contributed by atoms with van der Waals surface area (Å²) in [5.74, 6) is 0.871. The largest absolute Gasteiger partial charge is 0.360 e. The standard InChI is InChI=1S/C9H14ClN3/c1-3-13(2)9-5-7(6-11)4-8(10)12-9/h4-5H,3,6,11H2,1-2H3. The van der Waals surface area contributed by atoms with Gasteiger partial charge in [0.05, 0.1) is 0 Å². The Labute approximate surface area is 83.5 Å². The first kappa shape index (κ1) is 10.3. The summed E-state index contributed by atoms with van der Waals surface area (Å²) >= 11 is 5.84. The van der Waals surface area contributed by atoms with Crippen LogP contribution in [-0.2, 0) is 6.54 Å². The molecule has 72 valence electrons. The van der Waals surface area contributed by atoms with Gasteiger partial charge < -0.3 is 10.6 Å². The molecule has 0 spiro atoms. The summed E-state index contributed by atoms with van der Waals surface area (Å²) in [6, 6.07) is 3.74. The van der Waals surface area contributed by atoms with Gasteiger partial charge in [0.25, 0.3) is 0 Å². The number of anilines is 1. The molecule has 0 aliphatic heterocycles. The second-order valence-electron chi connectivity index (χ2n) is 2.87. The Balaban J connectivity index is 3.01. The van der Waals surface area contributed by atoms with Crippen LogP contribution in [-0.4, -0.2) is 18.6 Å². The lowest BCUT2D eigenvalue weighted by atomic mass is 10.2. The molecule has 1 aromatic rings. The molecule has 0 saturated carbocycles. The van der Waals surface area contributed by atoms with Crippen LogP contribution in [0.2, 0.25) is 5.15 Å². The minimum atomic E-state index is 0.493. The van der Waals surface area contributed by atoms with Crippen LogP contribution in [0.15, 0.2) is 12.1 Å². The molecule has 0 aromatic carbocycles. The molecule has 0 saturated heterocycles. The molecule has 4 heteroatoms. The van der Waals surface area contributed by atoms with Crippen molar-refractivity contribution in [1.29, 1.82) is 0 Å². The Morgan fingerprint density at radius 3 is 2.77 bits per heavy atom. The summed E-state index contributed by atoms with van der Waals surface area (Å²) in [6.45, 7) is 3.45. The van der Waals surface area contributed by atoms with Crippen LogP contribution in [0.25, 0.3) is 0 Å². The van der Waals surface area contributed by atoms with Gasteiger partial charge in [-0.25, -0.2) is 4.98 Å². The lowest BCUT2D eigenvalue weighted by Gasteiger charge is -2.16. The molecule has 0 amide bonds. The Kier molecular flexibility index (Phi) is 3.51. The Bertz CT molecular complexity index is 288. The number of hydrogen-bond donors (Lipinski definition) is 1. The average Bonchev–Trinajstić information content (AvgIpc) is 2.15. The van der Waals surface area contributed by atoms with E-state index >= 15 is 0 Å². The minimum absolute atomic E-state index is 0.493. The average molecular weight is 200 g/mol. The highest BCUT2D eigenvalue weighted by Gasteiger charge is 2.03. The summed E-state index contributed by atoms with van der Waals surface area (Å²) in [5.41, 5.74) is 6.53. The number of rotatable bonds is 3. The van der Waals surface area contributed by atoms with Crippen molar-refractivity contribution in [2.24, 2.45) is 5.73 Å². The van der Waals surface area contributed by atoms with Crippen molar-refractivity contribution in [3.63, 3.8) is 0 Å². The molecule has 0 unspecified atom stereocenters. The van der Waals surface area contributed by atoms with Gasteiger partial charge in [-0.05, 0) is 24.6 Å². The smallest absolute Gasteiger partial charge is 0.131 e. The predicted molar refractivity (Wildman–Crippen MR) is 56.1 cm³/mol. The van der Waals surface area contributed by atoms with Gasteiger partial charge in [-0.2, -0.15) is 0 Å². The van der Waals surface area contributed by atoms with E-state index < -0.39 is 0 Å². The monoisotopic (exact) mass is 199 g/mol. The van der Waals surface area contributed by atoms with Crippen LogP contribution >= 0.6 is 11.6 Å². The van der Waals surface area contributed by atoms with E-state index in [0.717, 1.165) is 17.9 Å². The molecule has 0 atom stereocenters. The van der Waals surface area contributed by atoms with E-state index in [1.54, 1.807) is 6.07 Å². The third-order valence-corrected chi connectivity index (χ3v) is 2.14. The molecular weight excluding hydrogens is 186 g/mol. The zero-order valence-electron chi connectivity index (χ0n) is 7.92. The van der Waals surface area contributed by atoms with Crippen LogP contribution in [0.4, 0.5) is 5.82 Å². The van der Waals surface area contributed by atoms with Crippen molar-refractivity contribution in [3.8, 4) is 0 Å². The zero-order chi connectivity index (χ0) is 9.84. The fraction of sp³-hybridized carbons (Fsp3) is 0.444. The third kappa shape index (κ3) is 2.57. The number of pyridine rings is 1. The van der Waals surface area contributed by atoms with Gasteiger partial charge in [0.15, 0.2) is 0 Å². The fourth-order valence-electron chi connectivity index (χ4n) is 1.01. The van der Waals surface area contributed by atoms with Crippen LogP contribution in [0.1, 0.15) is 12.5 Å². The summed E-state index contributed by atoms with van der Waals surface area (Å²) in [4.78, 5) is 6.21. The molecule has 0 radical (unpaired) electrons. The lowest BCUT2D eigenvalue weighted by Crippen LogP contribution is -2.17. The number of nitrogens with two attached hydrogens (primary N) is 1. The maximum absolute atomic E-state index is 5.84. The molecule has 1 rings (SSSR count). The second kappa shape index (κ2) is 4.44. The van der Waals surface area contributed by atoms with Crippen molar-refractivity contribution >= 4 is 17.4 Å². The SMILES string of the molecule is CCN(C)c1cc(CN)cc(Cl)n1. The maximum atomic E-state index is 5.84. The van der Waals surface area contributed by atoms with Crippen LogP contribution in [0, 0.1) is 0 Å². The summed E-state index contributed by atoms with van der Waals surface area (Å²) < 4.78 is 0. The number of halogens is 1.